The van der Waals surface area contributed by atoms with Gasteiger partial charge in [-0.2, -0.15) is 0 Å². The summed E-state index contributed by atoms with van der Waals surface area (Å²) in [6.07, 6.45) is 5.19. The highest BCUT2D eigenvalue weighted by Crippen LogP contribution is 2.19. The predicted octanol–water partition coefficient (Wildman–Crippen LogP) is 2.42. The molecule has 0 atom stereocenters. The van der Waals surface area contributed by atoms with E-state index in [-0.39, 0.29) is 5.91 Å². The highest BCUT2D eigenvalue weighted by molar-refractivity contribution is 5.92. The average Bonchev–Trinajstić information content (AvgIpc) is 3.23. The minimum atomic E-state index is -0.151. The number of aryl methyl sites for hydroxylation is 1. The molecule has 0 bridgehead atoms. The Morgan fingerprint density at radius 3 is 2.75 bits per heavy atom. The summed E-state index contributed by atoms with van der Waals surface area (Å²) >= 11 is 0. The van der Waals surface area contributed by atoms with Crippen LogP contribution in [-0.2, 0) is 0 Å². The normalized spacial score (nSPS) is 13.8. The number of carbonyl (C=O) groups is 1. The molecule has 2 N–H and O–H groups in total. The monoisotopic (exact) mass is 268 g/mol. The van der Waals surface area contributed by atoms with Gasteiger partial charge >= 0.3 is 0 Å². The summed E-state index contributed by atoms with van der Waals surface area (Å²) in [7, 11) is 0. The number of benzene rings is 1. The number of anilines is 2. The maximum Gasteiger partial charge on any atom is 0.271 e. The van der Waals surface area contributed by atoms with Gasteiger partial charge in [-0.05, 0) is 37.5 Å². The summed E-state index contributed by atoms with van der Waals surface area (Å²) in [5.74, 6) is 0.473. The Labute approximate surface area is 117 Å². The Balaban J connectivity index is 1.67. The van der Waals surface area contributed by atoms with Crippen molar-refractivity contribution < 1.29 is 4.79 Å². The smallest absolute Gasteiger partial charge is 0.271 e. The molecule has 0 saturated heterocycles. The number of hydrogen-bond acceptors (Lipinski definition) is 4. The first-order chi connectivity index (χ1) is 9.70. The maximum atomic E-state index is 11.8. The Kier molecular flexibility index (Phi) is 3.33. The number of carbonyl (C=O) groups excluding carboxylic acids is 1. The number of aromatic nitrogens is 2. The van der Waals surface area contributed by atoms with E-state index in [1.165, 1.54) is 11.8 Å². The molecule has 2 aromatic rings. The van der Waals surface area contributed by atoms with Crippen LogP contribution in [0.25, 0.3) is 0 Å². The van der Waals surface area contributed by atoms with Crippen molar-refractivity contribution in [1.82, 2.24) is 15.3 Å². The lowest BCUT2D eigenvalue weighted by Crippen LogP contribution is -2.26. The van der Waals surface area contributed by atoms with Crippen molar-refractivity contribution in [3.8, 4) is 0 Å². The molecule has 0 unspecified atom stereocenters. The van der Waals surface area contributed by atoms with Gasteiger partial charge in [-0.3, -0.25) is 4.79 Å². The first-order valence-corrected chi connectivity index (χ1v) is 6.67. The third kappa shape index (κ3) is 3.12. The highest BCUT2D eigenvalue weighted by atomic mass is 16.2. The molecular formula is C15H16N4O. The average molecular weight is 268 g/mol. The van der Waals surface area contributed by atoms with Crippen LogP contribution in [0, 0.1) is 6.92 Å². The van der Waals surface area contributed by atoms with E-state index in [1.807, 2.05) is 31.2 Å². The van der Waals surface area contributed by atoms with Crippen LogP contribution in [0.15, 0.2) is 36.7 Å². The molecule has 0 aliphatic heterocycles. The lowest BCUT2D eigenvalue weighted by atomic mass is 10.2. The topological polar surface area (TPSA) is 66.9 Å². The van der Waals surface area contributed by atoms with E-state index < -0.39 is 0 Å². The molecule has 1 aliphatic rings. The van der Waals surface area contributed by atoms with Gasteiger partial charge in [-0.1, -0.05) is 12.1 Å². The van der Waals surface area contributed by atoms with Gasteiger partial charge in [-0.25, -0.2) is 9.97 Å². The minimum absolute atomic E-state index is 0.151. The fraction of sp³-hybridized carbons (Fsp3) is 0.267. The van der Waals surface area contributed by atoms with Crippen molar-refractivity contribution in [1.29, 1.82) is 0 Å². The molecule has 102 valence electrons. The zero-order valence-electron chi connectivity index (χ0n) is 11.3. The van der Waals surface area contributed by atoms with Crippen molar-refractivity contribution in [3.05, 3.63) is 47.9 Å². The molecule has 1 amide bonds. The van der Waals surface area contributed by atoms with Crippen molar-refractivity contribution in [2.24, 2.45) is 0 Å². The number of amides is 1. The number of nitrogens with one attached hydrogen (secondary N) is 2. The van der Waals surface area contributed by atoms with E-state index >= 15 is 0 Å². The van der Waals surface area contributed by atoms with Gasteiger partial charge in [0.15, 0.2) is 0 Å². The first kappa shape index (κ1) is 12.6. The fourth-order valence-corrected chi connectivity index (χ4v) is 1.87. The summed E-state index contributed by atoms with van der Waals surface area (Å²) in [6.45, 7) is 2.03. The summed E-state index contributed by atoms with van der Waals surface area (Å²) in [6, 6.07) is 8.32. The van der Waals surface area contributed by atoms with E-state index in [9.17, 15) is 4.79 Å². The van der Waals surface area contributed by atoms with E-state index in [0.29, 0.717) is 17.6 Å². The van der Waals surface area contributed by atoms with Gasteiger partial charge in [0, 0.05) is 11.7 Å². The molecule has 5 nitrogen and oxygen atoms in total. The molecule has 5 heteroatoms. The standard InChI is InChI=1S/C15H16N4O/c1-10-3-2-4-12(7-10)18-14-9-16-13(8-17-14)15(20)19-11-5-6-11/h2-4,7-9,11H,5-6H2,1H3,(H,17,18)(H,19,20). The van der Waals surface area contributed by atoms with Gasteiger partial charge < -0.3 is 10.6 Å². The lowest BCUT2D eigenvalue weighted by molar-refractivity contribution is 0.0945. The van der Waals surface area contributed by atoms with Crippen molar-refractivity contribution in [2.45, 2.75) is 25.8 Å². The van der Waals surface area contributed by atoms with Gasteiger partial charge in [0.2, 0.25) is 0 Å². The Bertz CT molecular complexity index is 620. The molecule has 1 fully saturated rings. The molecule has 20 heavy (non-hydrogen) atoms. The fourth-order valence-electron chi connectivity index (χ4n) is 1.87. The van der Waals surface area contributed by atoms with E-state index in [0.717, 1.165) is 18.5 Å². The molecular weight excluding hydrogens is 252 g/mol. The number of nitrogens with zero attached hydrogens (tertiary/aromatic N) is 2. The maximum absolute atomic E-state index is 11.8. The second-order valence-corrected chi connectivity index (χ2v) is 5.03. The van der Waals surface area contributed by atoms with Crippen LogP contribution < -0.4 is 10.6 Å². The molecule has 1 aromatic carbocycles. The number of rotatable bonds is 4. The Morgan fingerprint density at radius 2 is 2.10 bits per heavy atom. The van der Waals surface area contributed by atoms with Gasteiger partial charge in [0.1, 0.15) is 11.5 Å². The van der Waals surface area contributed by atoms with Gasteiger partial charge in [-0.15, -0.1) is 0 Å². The Hall–Kier alpha value is -2.43. The van der Waals surface area contributed by atoms with Crippen LogP contribution in [0.5, 0.6) is 0 Å². The zero-order chi connectivity index (χ0) is 13.9. The summed E-state index contributed by atoms with van der Waals surface area (Å²) in [5.41, 5.74) is 2.48. The van der Waals surface area contributed by atoms with Gasteiger partial charge in [0.05, 0.1) is 12.4 Å². The van der Waals surface area contributed by atoms with Crippen LogP contribution in [0.1, 0.15) is 28.9 Å². The van der Waals surface area contributed by atoms with E-state index in [2.05, 4.69) is 20.6 Å². The van der Waals surface area contributed by atoms with Crippen LogP contribution in [0.3, 0.4) is 0 Å². The van der Waals surface area contributed by atoms with Crippen molar-refractivity contribution in [3.63, 3.8) is 0 Å². The summed E-state index contributed by atoms with van der Waals surface area (Å²) < 4.78 is 0. The second kappa shape index (κ2) is 5.28. The summed E-state index contributed by atoms with van der Waals surface area (Å²) in [4.78, 5) is 20.1. The third-order valence-corrected chi connectivity index (χ3v) is 3.09. The van der Waals surface area contributed by atoms with Crippen LogP contribution in [-0.4, -0.2) is 21.9 Å². The Morgan fingerprint density at radius 1 is 1.25 bits per heavy atom. The highest BCUT2D eigenvalue weighted by Gasteiger charge is 2.24. The SMILES string of the molecule is Cc1cccc(Nc2cnc(C(=O)NC3CC3)cn2)c1. The lowest BCUT2D eigenvalue weighted by Gasteiger charge is -2.07. The summed E-state index contributed by atoms with van der Waals surface area (Å²) in [5, 5.41) is 6.04. The third-order valence-electron chi connectivity index (χ3n) is 3.09. The molecule has 1 aliphatic carbocycles. The predicted molar refractivity (Wildman–Crippen MR) is 77.0 cm³/mol. The van der Waals surface area contributed by atoms with E-state index in [4.69, 9.17) is 0 Å². The molecule has 0 spiro atoms. The number of hydrogen-bond donors (Lipinski definition) is 2. The van der Waals surface area contributed by atoms with Crippen LogP contribution in [0.4, 0.5) is 11.5 Å². The van der Waals surface area contributed by atoms with Gasteiger partial charge in [0.25, 0.3) is 5.91 Å². The molecule has 1 heterocycles. The minimum Gasteiger partial charge on any atom is -0.348 e. The first-order valence-electron chi connectivity index (χ1n) is 6.67. The molecule has 1 aromatic heterocycles. The van der Waals surface area contributed by atoms with Crippen molar-refractivity contribution in [2.75, 3.05) is 5.32 Å². The molecule has 1 saturated carbocycles. The second-order valence-electron chi connectivity index (χ2n) is 5.03. The molecule has 3 rings (SSSR count). The largest absolute Gasteiger partial charge is 0.348 e. The van der Waals surface area contributed by atoms with E-state index in [1.54, 1.807) is 6.20 Å². The zero-order valence-corrected chi connectivity index (χ0v) is 11.3. The van der Waals surface area contributed by atoms with Crippen LogP contribution in [0.2, 0.25) is 0 Å². The quantitative estimate of drug-likeness (QED) is 0.893. The molecule has 0 radical (unpaired) electrons. The van der Waals surface area contributed by atoms with Crippen molar-refractivity contribution >= 4 is 17.4 Å². The van der Waals surface area contributed by atoms with Crippen LogP contribution >= 0.6 is 0 Å².